The first-order chi connectivity index (χ1) is 7.18. The Hall–Kier alpha value is -1.55. The molecule has 4 heteroatoms. The highest BCUT2D eigenvalue weighted by Gasteiger charge is 2.05. The average molecular weight is 208 g/mol. The average Bonchev–Trinajstić information content (AvgIpc) is 2.25. The maximum Gasteiger partial charge on any atom is 0.220 e. The molecule has 0 saturated carbocycles. The highest BCUT2D eigenvalue weighted by molar-refractivity contribution is 5.79. The van der Waals surface area contributed by atoms with Crippen LogP contribution in [0.2, 0.25) is 0 Å². The number of amides is 1. The fourth-order valence-corrected chi connectivity index (χ4v) is 1.000. The highest BCUT2D eigenvalue weighted by atomic mass is 16.5. The minimum absolute atomic E-state index is 0.143. The van der Waals surface area contributed by atoms with Gasteiger partial charge in [0.2, 0.25) is 5.91 Å². The van der Waals surface area contributed by atoms with Crippen molar-refractivity contribution in [2.24, 2.45) is 0 Å². The molecule has 0 aliphatic heterocycles. The summed E-state index contributed by atoms with van der Waals surface area (Å²) in [5.41, 5.74) is 0. The van der Waals surface area contributed by atoms with Crippen LogP contribution in [0.4, 0.5) is 0 Å². The second-order valence-electron chi connectivity index (χ2n) is 3.08. The lowest BCUT2D eigenvalue weighted by Crippen LogP contribution is -2.34. The minimum Gasteiger partial charge on any atom is -0.491 e. The lowest BCUT2D eigenvalue weighted by atomic mass is 10.3. The Balaban J connectivity index is 2.22. The Morgan fingerprint density at radius 1 is 1.47 bits per heavy atom. The van der Waals surface area contributed by atoms with E-state index in [1.807, 2.05) is 18.2 Å². The first-order valence-electron chi connectivity index (χ1n) is 4.64. The number of carbonyl (C=O) groups excluding carboxylic acids is 1. The molecule has 0 aliphatic carbocycles. The summed E-state index contributed by atoms with van der Waals surface area (Å²) < 4.78 is 5.28. The molecule has 1 unspecified atom stereocenters. The summed E-state index contributed by atoms with van der Waals surface area (Å²) in [6, 6.07) is 9.17. The van der Waals surface area contributed by atoms with Crippen molar-refractivity contribution in [2.75, 3.05) is 13.2 Å². The summed E-state index contributed by atoms with van der Waals surface area (Å²) in [6.45, 7) is 3.42. The Morgan fingerprint density at radius 3 is 2.73 bits per heavy atom. The maximum absolute atomic E-state index is 10.4. The Morgan fingerprint density at radius 2 is 2.13 bits per heavy atom. The first kappa shape index (κ1) is 11.5. The number of hydrogen-bond acceptors (Lipinski definition) is 3. The molecule has 81 valence electrons. The van der Waals surface area contributed by atoms with Crippen molar-refractivity contribution in [2.45, 2.75) is 6.10 Å². The summed E-state index contributed by atoms with van der Waals surface area (Å²) in [5, 5.41) is 11.8. The predicted octanol–water partition coefficient (Wildman–Crippen LogP) is 0.377. The van der Waals surface area contributed by atoms with Gasteiger partial charge in [-0.3, -0.25) is 4.79 Å². The molecule has 1 aromatic carbocycles. The summed E-state index contributed by atoms with van der Waals surface area (Å²) in [4.78, 5) is 10.4. The molecular formula is C11H14NO3. The third kappa shape index (κ3) is 5.02. The third-order valence-corrected chi connectivity index (χ3v) is 1.72. The SMILES string of the molecule is [CH2]C(=O)NCC(O)COc1ccccc1. The van der Waals surface area contributed by atoms with E-state index in [0.717, 1.165) is 0 Å². The van der Waals surface area contributed by atoms with E-state index < -0.39 is 12.0 Å². The van der Waals surface area contributed by atoms with E-state index in [1.165, 1.54) is 0 Å². The van der Waals surface area contributed by atoms with Crippen LogP contribution in [0.3, 0.4) is 0 Å². The molecule has 0 saturated heterocycles. The number of aliphatic hydroxyl groups is 1. The maximum atomic E-state index is 10.4. The highest BCUT2D eigenvalue weighted by Crippen LogP contribution is 2.08. The van der Waals surface area contributed by atoms with Gasteiger partial charge in [0.15, 0.2) is 0 Å². The van der Waals surface area contributed by atoms with Crippen molar-refractivity contribution in [1.29, 1.82) is 0 Å². The molecular weight excluding hydrogens is 194 g/mol. The predicted molar refractivity (Wildman–Crippen MR) is 56.3 cm³/mol. The third-order valence-electron chi connectivity index (χ3n) is 1.72. The van der Waals surface area contributed by atoms with Crippen molar-refractivity contribution in [3.8, 4) is 5.75 Å². The zero-order valence-electron chi connectivity index (χ0n) is 8.35. The van der Waals surface area contributed by atoms with E-state index in [4.69, 9.17) is 4.74 Å². The van der Waals surface area contributed by atoms with Crippen molar-refractivity contribution >= 4 is 5.91 Å². The number of benzene rings is 1. The molecule has 1 atom stereocenters. The van der Waals surface area contributed by atoms with Crippen molar-refractivity contribution in [3.63, 3.8) is 0 Å². The van der Waals surface area contributed by atoms with Crippen LogP contribution in [0.15, 0.2) is 30.3 Å². The van der Waals surface area contributed by atoms with Crippen LogP contribution in [-0.2, 0) is 4.79 Å². The fourth-order valence-electron chi connectivity index (χ4n) is 1.000. The second kappa shape index (κ2) is 6.03. The second-order valence-corrected chi connectivity index (χ2v) is 3.08. The zero-order valence-corrected chi connectivity index (χ0v) is 8.35. The normalized spacial score (nSPS) is 11.9. The number of hydrogen-bond donors (Lipinski definition) is 2. The van der Waals surface area contributed by atoms with Crippen LogP contribution in [0.1, 0.15) is 0 Å². The zero-order chi connectivity index (χ0) is 11.1. The van der Waals surface area contributed by atoms with E-state index in [0.29, 0.717) is 5.75 Å². The minimum atomic E-state index is -0.726. The van der Waals surface area contributed by atoms with Crippen molar-refractivity contribution < 1.29 is 14.6 Å². The van der Waals surface area contributed by atoms with Crippen LogP contribution >= 0.6 is 0 Å². The van der Waals surface area contributed by atoms with E-state index in [1.54, 1.807) is 12.1 Å². The van der Waals surface area contributed by atoms with E-state index in [2.05, 4.69) is 12.2 Å². The fraction of sp³-hybridized carbons (Fsp3) is 0.273. The molecule has 15 heavy (non-hydrogen) atoms. The molecule has 0 fully saturated rings. The van der Waals surface area contributed by atoms with Crippen LogP contribution in [0.5, 0.6) is 5.75 Å². The summed E-state index contributed by atoms with van der Waals surface area (Å²) in [6.07, 6.45) is -0.726. The molecule has 0 heterocycles. The van der Waals surface area contributed by atoms with Gasteiger partial charge in [0.1, 0.15) is 18.5 Å². The Kier molecular flexibility index (Phi) is 4.63. The molecule has 1 aromatic rings. The van der Waals surface area contributed by atoms with Crippen molar-refractivity contribution in [1.82, 2.24) is 5.32 Å². The molecule has 0 bridgehead atoms. The monoisotopic (exact) mass is 208 g/mol. The van der Waals surface area contributed by atoms with Gasteiger partial charge in [-0.2, -0.15) is 0 Å². The van der Waals surface area contributed by atoms with E-state index in [-0.39, 0.29) is 13.2 Å². The van der Waals surface area contributed by atoms with Gasteiger partial charge in [0.25, 0.3) is 0 Å². The van der Waals surface area contributed by atoms with Gasteiger partial charge in [-0.25, -0.2) is 0 Å². The number of ether oxygens (including phenoxy) is 1. The molecule has 0 aromatic heterocycles. The van der Waals surface area contributed by atoms with Gasteiger partial charge in [0, 0.05) is 13.5 Å². The lowest BCUT2D eigenvalue weighted by molar-refractivity contribution is -0.117. The van der Waals surface area contributed by atoms with Crippen LogP contribution in [0, 0.1) is 6.92 Å². The number of carbonyl (C=O) groups is 1. The van der Waals surface area contributed by atoms with Gasteiger partial charge >= 0.3 is 0 Å². The van der Waals surface area contributed by atoms with Gasteiger partial charge < -0.3 is 15.2 Å². The van der Waals surface area contributed by atoms with Crippen LogP contribution < -0.4 is 10.1 Å². The summed E-state index contributed by atoms with van der Waals surface area (Å²) >= 11 is 0. The molecule has 4 nitrogen and oxygen atoms in total. The van der Waals surface area contributed by atoms with Gasteiger partial charge in [0.05, 0.1) is 0 Å². The molecule has 1 rings (SSSR count). The van der Waals surface area contributed by atoms with Gasteiger partial charge in [-0.1, -0.05) is 18.2 Å². The molecule has 0 aliphatic rings. The number of nitrogens with one attached hydrogen (secondary N) is 1. The van der Waals surface area contributed by atoms with Crippen molar-refractivity contribution in [3.05, 3.63) is 37.3 Å². The van der Waals surface area contributed by atoms with Crippen LogP contribution in [-0.4, -0.2) is 30.3 Å². The molecule has 0 spiro atoms. The summed E-state index contributed by atoms with van der Waals surface area (Å²) in [7, 11) is 0. The quantitative estimate of drug-likeness (QED) is 0.735. The molecule has 1 amide bonds. The Bertz CT molecular complexity index is 300. The van der Waals surface area contributed by atoms with E-state index >= 15 is 0 Å². The standard InChI is InChI=1S/C11H14NO3/c1-9(13)12-7-10(14)8-15-11-5-3-2-4-6-11/h2-6,10,14H,1,7-8H2,(H,12,13). The summed E-state index contributed by atoms with van der Waals surface area (Å²) in [5.74, 6) is 0.284. The molecule has 2 N–H and O–H groups in total. The number of aliphatic hydroxyl groups excluding tert-OH is 1. The van der Waals surface area contributed by atoms with E-state index in [9.17, 15) is 9.90 Å². The molecule has 1 radical (unpaired) electrons. The number of para-hydroxylation sites is 1. The lowest BCUT2D eigenvalue weighted by Gasteiger charge is -2.12. The van der Waals surface area contributed by atoms with Gasteiger partial charge in [-0.05, 0) is 12.1 Å². The topological polar surface area (TPSA) is 58.6 Å². The smallest absolute Gasteiger partial charge is 0.220 e. The Labute approximate surface area is 88.9 Å². The first-order valence-corrected chi connectivity index (χ1v) is 4.64. The van der Waals surface area contributed by atoms with Crippen LogP contribution in [0.25, 0.3) is 0 Å². The largest absolute Gasteiger partial charge is 0.491 e. The van der Waals surface area contributed by atoms with Gasteiger partial charge in [-0.15, -0.1) is 0 Å². The number of rotatable bonds is 5.